The number of amides is 1. The van der Waals surface area contributed by atoms with Crippen LogP contribution in [0, 0.1) is 10.1 Å². The monoisotopic (exact) mass is 240 g/mol. The summed E-state index contributed by atoms with van der Waals surface area (Å²) in [6.07, 6.45) is -0.921. The van der Waals surface area contributed by atoms with Gasteiger partial charge >= 0.3 is 6.09 Å². The van der Waals surface area contributed by atoms with Gasteiger partial charge in [0.1, 0.15) is 5.75 Å². The van der Waals surface area contributed by atoms with Gasteiger partial charge in [-0.2, -0.15) is 0 Å². The normalized spacial score (nSPS) is 9.71. The molecule has 0 aliphatic carbocycles. The molecule has 7 heteroatoms. The minimum atomic E-state index is -1.16. The lowest BCUT2D eigenvalue weighted by molar-refractivity contribution is -0.385. The van der Waals surface area contributed by atoms with Gasteiger partial charge in [0.15, 0.2) is 0 Å². The van der Waals surface area contributed by atoms with Crippen molar-refractivity contribution >= 4 is 11.8 Å². The number of ether oxygens (including phenoxy) is 1. The highest BCUT2D eigenvalue weighted by Gasteiger charge is 2.14. The Morgan fingerprint density at radius 2 is 2.29 bits per heavy atom. The molecule has 17 heavy (non-hydrogen) atoms. The lowest BCUT2D eigenvalue weighted by atomic mass is 10.1. The first-order valence-corrected chi connectivity index (χ1v) is 4.82. The summed E-state index contributed by atoms with van der Waals surface area (Å²) in [5.41, 5.74) is 0.390. The van der Waals surface area contributed by atoms with Crippen molar-refractivity contribution in [3.05, 3.63) is 33.9 Å². The van der Waals surface area contributed by atoms with E-state index in [1.165, 1.54) is 25.3 Å². The van der Waals surface area contributed by atoms with Gasteiger partial charge < -0.3 is 15.2 Å². The lowest BCUT2D eigenvalue weighted by Crippen LogP contribution is -2.23. The second-order valence-electron chi connectivity index (χ2n) is 3.23. The van der Waals surface area contributed by atoms with Crippen molar-refractivity contribution in [3.63, 3.8) is 0 Å². The Morgan fingerprint density at radius 1 is 1.59 bits per heavy atom. The van der Waals surface area contributed by atoms with Gasteiger partial charge in [-0.15, -0.1) is 0 Å². The van der Waals surface area contributed by atoms with Crippen LogP contribution in [-0.2, 0) is 6.42 Å². The molecule has 92 valence electrons. The van der Waals surface area contributed by atoms with E-state index in [0.29, 0.717) is 11.3 Å². The molecule has 1 rings (SSSR count). The van der Waals surface area contributed by atoms with Crippen LogP contribution in [0.15, 0.2) is 18.2 Å². The predicted molar refractivity (Wildman–Crippen MR) is 59.4 cm³/mol. The van der Waals surface area contributed by atoms with Gasteiger partial charge in [-0.1, -0.05) is 0 Å². The zero-order chi connectivity index (χ0) is 12.8. The maximum absolute atomic E-state index is 10.7. The number of hydrogen-bond donors (Lipinski definition) is 2. The molecule has 2 N–H and O–H groups in total. The SMILES string of the molecule is COc1ccc([N+](=O)[O-])c(CCNC(=O)O)c1. The van der Waals surface area contributed by atoms with Gasteiger partial charge in [0.2, 0.25) is 0 Å². The molecule has 0 bridgehead atoms. The molecule has 0 aliphatic heterocycles. The van der Waals surface area contributed by atoms with Crippen molar-refractivity contribution in [2.45, 2.75) is 6.42 Å². The molecule has 0 atom stereocenters. The third-order valence-electron chi connectivity index (χ3n) is 2.15. The number of nitrogens with one attached hydrogen (secondary N) is 1. The topological polar surface area (TPSA) is 102 Å². The maximum atomic E-state index is 10.7. The molecule has 0 saturated carbocycles. The van der Waals surface area contributed by atoms with Crippen molar-refractivity contribution in [2.75, 3.05) is 13.7 Å². The summed E-state index contributed by atoms with van der Waals surface area (Å²) in [4.78, 5) is 20.5. The van der Waals surface area contributed by atoms with E-state index in [9.17, 15) is 14.9 Å². The molecule has 1 amide bonds. The maximum Gasteiger partial charge on any atom is 0.404 e. The highest BCUT2D eigenvalue weighted by atomic mass is 16.6. The Balaban J connectivity index is 2.85. The molecule has 0 fully saturated rings. The molecule has 1 aromatic carbocycles. The highest BCUT2D eigenvalue weighted by Crippen LogP contribution is 2.24. The fraction of sp³-hybridized carbons (Fsp3) is 0.300. The Bertz CT molecular complexity index is 433. The minimum absolute atomic E-state index is 0.0435. The first-order valence-electron chi connectivity index (χ1n) is 4.82. The number of carbonyl (C=O) groups is 1. The smallest absolute Gasteiger partial charge is 0.404 e. The van der Waals surface area contributed by atoms with Crippen molar-refractivity contribution in [1.82, 2.24) is 5.32 Å². The molecule has 0 spiro atoms. The first kappa shape index (κ1) is 12.8. The van der Waals surface area contributed by atoms with Gasteiger partial charge in [-0.25, -0.2) is 4.79 Å². The molecule has 0 saturated heterocycles. The van der Waals surface area contributed by atoms with E-state index in [-0.39, 0.29) is 18.7 Å². The number of carboxylic acid groups (broad SMARTS) is 1. The van der Waals surface area contributed by atoms with Crippen LogP contribution in [0.4, 0.5) is 10.5 Å². The lowest BCUT2D eigenvalue weighted by Gasteiger charge is -2.05. The van der Waals surface area contributed by atoms with E-state index in [2.05, 4.69) is 5.32 Å². The average Bonchev–Trinajstić information content (AvgIpc) is 2.28. The standard InChI is InChI=1S/C10H12N2O5/c1-17-8-2-3-9(12(15)16)7(6-8)4-5-11-10(13)14/h2-3,6,11H,4-5H2,1H3,(H,13,14). The van der Waals surface area contributed by atoms with E-state index >= 15 is 0 Å². The van der Waals surface area contributed by atoms with E-state index < -0.39 is 11.0 Å². The Morgan fingerprint density at radius 3 is 2.82 bits per heavy atom. The zero-order valence-corrected chi connectivity index (χ0v) is 9.17. The van der Waals surface area contributed by atoms with Gasteiger partial charge in [0.05, 0.1) is 12.0 Å². The fourth-order valence-electron chi connectivity index (χ4n) is 1.37. The van der Waals surface area contributed by atoms with Crippen LogP contribution in [0.3, 0.4) is 0 Å². The van der Waals surface area contributed by atoms with Gasteiger partial charge in [0.25, 0.3) is 5.69 Å². The van der Waals surface area contributed by atoms with Crippen LogP contribution in [-0.4, -0.2) is 29.8 Å². The molecule has 0 heterocycles. The highest BCUT2D eigenvalue weighted by molar-refractivity contribution is 5.64. The quantitative estimate of drug-likeness (QED) is 0.598. The third kappa shape index (κ3) is 3.63. The summed E-state index contributed by atoms with van der Waals surface area (Å²) in [7, 11) is 1.46. The molecule has 7 nitrogen and oxygen atoms in total. The largest absolute Gasteiger partial charge is 0.497 e. The van der Waals surface area contributed by atoms with Gasteiger partial charge in [-0.05, 0) is 18.6 Å². The molecule has 0 radical (unpaired) electrons. The van der Waals surface area contributed by atoms with Crippen molar-refractivity contribution in [1.29, 1.82) is 0 Å². The number of rotatable bonds is 5. The predicted octanol–water partition coefficient (Wildman–Crippen LogP) is 1.41. The Kier molecular flexibility index (Phi) is 4.27. The Hall–Kier alpha value is -2.31. The fourth-order valence-corrected chi connectivity index (χ4v) is 1.37. The van der Waals surface area contributed by atoms with Crippen LogP contribution in [0.5, 0.6) is 5.75 Å². The summed E-state index contributed by atoms with van der Waals surface area (Å²) in [6.45, 7) is 0.114. The van der Waals surface area contributed by atoms with Crippen molar-refractivity contribution < 1.29 is 19.6 Å². The van der Waals surface area contributed by atoms with Crippen LogP contribution < -0.4 is 10.1 Å². The van der Waals surface area contributed by atoms with E-state index in [4.69, 9.17) is 9.84 Å². The Labute approximate surface area is 97.2 Å². The first-order chi connectivity index (χ1) is 8.04. The van der Waals surface area contributed by atoms with E-state index in [0.717, 1.165) is 0 Å². The zero-order valence-electron chi connectivity index (χ0n) is 9.17. The summed E-state index contributed by atoms with van der Waals surface area (Å²) in [6, 6.07) is 4.36. The number of methoxy groups -OCH3 is 1. The second kappa shape index (κ2) is 5.69. The van der Waals surface area contributed by atoms with E-state index in [1.54, 1.807) is 0 Å². The van der Waals surface area contributed by atoms with Gasteiger partial charge in [-0.3, -0.25) is 10.1 Å². The average molecular weight is 240 g/mol. The van der Waals surface area contributed by atoms with Crippen LogP contribution in [0.25, 0.3) is 0 Å². The van der Waals surface area contributed by atoms with Gasteiger partial charge in [0, 0.05) is 18.2 Å². The summed E-state index contributed by atoms with van der Waals surface area (Å²) < 4.78 is 4.96. The van der Waals surface area contributed by atoms with Crippen LogP contribution in [0.2, 0.25) is 0 Å². The van der Waals surface area contributed by atoms with Crippen LogP contribution >= 0.6 is 0 Å². The molecule has 0 aromatic heterocycles. The third-order valence-corrected chi connectivity index (χ3v) is 2.15. The molecular formula is C10H12N2O5. The molecule has 0 aliphatic rings. The van der Waals surface area contributed by atoms with E-state index in [1.807, 2.05) is 0 Å². The second-order valence-corrected chi connectivity index (χ2v) is 3.23. The molecular weight excluding hydrogens is 228 g/mol. The number of nitrogens with zero attached hydrogens (tertiary/aromatic N) is 1. The summed E-state index contributed by atoms with van der Waals surface area (Å²) in [5.74, 6) is 0.501. The number of benzene rings is 1. The van der Waals surface area contributed by atoms with Crippen molar-refractivity contribution in [2.24, 2.45) is 0 Å². The summed E-state index contributed by atoms with van der Waals surface area (Å²) >= 11 is 0. The number of hydrogen-bond acceptors (Lipinski definition) is 4. The molecule has 0 unspecified atom stereocenters. The van der Waals surface area contributed by atoms with Crippen molar-refractivity contribution in [3.8, 4) is 5.75 Å². The minimum Gasteiger partial charge on any atom is -0.497 e. The molecule has 1 aromatic rings. The summed E-state index contributed by atoms with van der Waals surface area (Å²) in [5, 5.41) is 21.3. The number of nitro groups is 1. The van der Waals surface area contributed by atoms with Crippen LogP contribution in [0.1, 0.15) is 5.56 Å². The number of nitro benzene ring substituents is 1.